The van der Waals surface area contributed by atoms with Crippen LogP contribution in [0.1, 0.15) is 29.8 Å². The molecular weight excluding hydrogens is 550 g/mol. The SMILES string of the molecule is C[C@@H]1CN([C@@H](C)CO)C(=O)c2cccc(NS(=O)(=O)c3cn(C)cn3)c2O[C@H]1CN(C)Cc1ccc2c(c1)OCO2. The quantitative estimate of drug-likeness (QED) is 0.388. The molecule has 2 aromatic carbocycles. The van der Waals surface area contributed by atoms with Gasteiger partial charge in [0, 0.05) is 38.8 Å². The molecule has 0 saturated carbocycles. The second-order valence-electron chi connectivity index (χ2n) is 10.7. The van der Waals surface area contributed by atoms with E-state index in [2.05, 4.69) is 14.6 Å². The van der Waals surface area contributed by atoms with E-state index in [1.165, 1.54) is 17.1 Å². The number of para-hydroxylation sites is 1. The molecule has 5 rings (SSSR count). The molecule has 0 fully saturated rings. The first kappa shape index (κ1) is 28.7. The lowest BCUT2D eigenvalue weighted by Gasteiger charge is -2.38. The van der Waals surface area contributed by atoms with Crippen LogP contribution in [0.2, 0.25) is 0 Å². The molecule has 2 N–H and O–H groups in total. The Hall–Kier alpha value is -3.81. The monoisotopic (exact) mass is 585 g/mol. The first-order valence-electron chi connectivity index (χ1n) is 13.3. The number of rotatable bonds is 9. The van der Waals surface area contributed by atoms with Crippen LogP contribution in [0.15, 0.2) is 53.9 Å². The molecule has 41 heavy (non-hydrogen) atoms. The van der Waals surface area contributed by atoms with Crippen molar-refractivity contribution in [2.45, 2.75) is 37.6 Å². The maximum Gasteiger partial charge on any atom is 0.281 e. The highest BCUT2D eigenvalue weighted by Gasteiger charge is 2.35. The zero-order valence-electron chi connectivity index (χ0n) is 23.5. The summed E-state index contributed by atoms with van der Waals surface area (Å²) in [6.45, 7) is 5.18. The number of hydrogen-bond acceptors (Lipinski definition) is 9. The zero-order valence-corrected chi connectivity index (χ0v) is 24.3. The Kier molecular flexibility index (Phi) is 8.11. The minimum absolute atomic E-state index is 0.135. The van der Waals surface area contributed by atoms with E-state index in [0.717, 1.165) is 5.56 Å². The smallest absolute Gasteiger partial charge is 0.281 e. The molecule has 0 unspecified atom stereocenters. The summed E-state index contributed by atoms with van der Waals surface area (Å²) in [4.78, 5) is 21.4. The fourth-order valence-electron chi connectivity index (χ4n) is 4.99. The summed E-state index contributed by atoms with van der Waals surface area (Å²) in [5.74, 6) is 1.06. The van der Waals surface area contributed by atoms with E-state index in [-0.39, 0.29) is 47.3 Å². The van der Waals surface area contributed by atoms with Gasteiger partial charge in [-0.15, -0.1) is 0 Å². The summed E-state index contributed by atoms with van der Waals surface area (Å²) >= 11 is 0. The predicted octanol–water partition coefficient (Wildman–Crippen LogP) is 2.30. The van der Waals surface area contributed by atoms with E-state index in [1.807, 2.05) is 32.2 Å². The van der Waals surface area contributed by atoms with Crippen LogP contribution in [-0.4, -0.2) is 84.5 Å². The number of amides is 1. The van der Waals surface area contributed by atoms with Crippen LogP contribution >= 0.6 is 0 Å². The van der Waals surface area contributed by atoms with Gasteiger partial charge in [0.25, 0.3) is 15.9 Å². The number of nitrogens with zero attached hydrogens (tertiary/aromatic N) is 4. The number of imidazole rings is 1. The van der Waals surface area contributed by atoms with Gasteiger partial charge in [-0.25, -0.2) is 4.98 Å². The van der Waals surface area contributed by atoms with Crippen LogP contribution in [0.4, 0.5) is 5.69 Å². The minimum Gasteiger partial charge on any atom is -0.486 e. The molecule has 3 atom stereocenters. The highest BCUT2D eigenvalue weighted by Crippen LogP contribution is 2.36. The molecule has 2 aliphatic heterocycles. The number of aromatic nitrogens is 2. The van der Waals surface area contributed by atoms with Crippen molar-refractivity contribution in [1.29, 1.82) is 0 Å². The molecule has 0 aliphatic carbocycles. The van der Waals surface area contributed by atoms with Crippen molar-refractivity contribution >= 4 is 21.6 Å². The fraction of sp³-hybridized carbons (Fsp3) is 0.429. The molecule has 3 heterocycles. The number of hydrogen-bond donors (Lipinski definition) is 2. The van der Waals surface area contributed by atoms with Gasteiger partial charge < -0.3 is 28.8 Å². The summed E-state index contributed by atoms with van der Waals surface area (Å²) in [7, 11) is -0.415. The maximum atomic E-state index is 13.7. The summed E-state index contributed by atoms with van der Waals surface area (Å²) in [6.07, 6.45) is 2.36. The Balaban J connectivity index is 1.46. The van der Waals surface area contributed by atoms with Gasteiger partial charge in [0.1, 0.15) is 6.10 Å². The largest absolute Gasteiger partial charge is 0.486 e. The standard InChI is InChI=1S/C28H35N5O7S/c1-18-11-33(19(2)15-34)28(35)21-6-5-7-22(30-41(36,37)26-14-32(4)16-29-26)27(21)40-25(18)13-31(3)12-20-8-9-23-24(10-20)39-17-38-23/h5-10,14,16,18-19,25,30,34H,11-13,15,17H2,1-4H3/t18-,19+,25+/m1/s1. The molecule has 13 heteroatoms. The molecule has 1 amide bonds. The van der Waals surface area contributed by atoms with Gasteiger partial charge in [0.15, 0.2) is 22.3 Å². The third-order valence-corrected chi connectivity index (χ3v) is 8.52. The Morgan fingerprint density at radius 2 is 2.00 bits per heavy atom. The van der Waals surface area contributed by atoms with Crippen LogP contribution in [0.5, 0.6) is 17.2 Å². The van der Waals surface area contributed by atoms with Crippen LogP contribution in [0, 0.1) is 5.92 Å². The van der Waals surface area contributed by atoms with Gasteiger partial charge in [-0.05, 0) is 43.8 Å². The number of aliphatic hydroxyl groups is 1. The van der Waals surface area contributed by atoms with Crippen LogP contribution in [-0.2, 0) is 23.6 Å². The van der Waals surface area contributed by atoms with Crippen molar-refractivity contribution in [2.75, 3.05) is 38.3 Å². The second-order valence-corrected chi connectivity index (χ2v) is 12.3. The molecule has 220 valence electrons. The predicted molar refractivity (Wildman–Crippen MR) is 151 cm³/mol. The van der Waals surface area contributed by atoms with Crippen LogP contribution in [0.3, 0.4) is 0 Å². The molecule has 0 radical (unpaired) electrons. The lowest BCUT2D eigenvalue weighted by molar-refractivity contribution is 0.0344. The number of likely N-dealkylation sites (N-methyl/N-ethyl adjacent to an activating group) is 1. The van der Waals surface area contributed by atoms with E-state index >= 15 is 0 Å². The third-order valence-electron chi connectivity index (χ3n) is 7.27. The zero-order chi connectivity index (χ0) is 29.3. The Morgan fingerprint density at radius 3 is 2.73 bits per heavy atom. The van der Waals surface area contributed by atoms with Crippen molar-refractivity contribution < 1.29 is 32.5 Å². The van der Waals surface area contributed by atoms with Gasteiger partial charge in [0.2, 0.25) is 6.79 Å². The molecule has 0 saturated heterocycles. The number of sulfonamides is 1. The average molecular weight is 586 g/mol. The number of nitrogens with one attached hydrogen (secondary N) is 1. The first-order valence-corrected chi connectivity index (χ1v) is 14.8. The van der Waals surface area contributed by atoms with Gasteiger partial charge in [-0.3, -0.25) is 14.4 Å². The topological polar surface area (TPSA) is 135 Å². The van der Waals surface area contributed by atoms with Gasteiger partial charge in [0.05, 0.1) is 30.2 Å². The molecule has 3 aromatic rings. The molecule has 12 nitrogen and oxygen atoms in total. The summed E-state index contributed by atoms with van der Waals surface area (Å²) in [5.41, 5.74) is 1.38. The first-order chi connectivity index (χ1) is 19.6. The number of benzene rings is 2. The van der Waals surface area contributed by atoms with E-state index in [0.29, 0.717) is 31.1 Å². The van der Waals surface area contributed by atoms with Gasteiger partial charge >= 0.3 is 0 Å². The number of fused-ring (bicyclic) bond motifs is 2. The summed E-state index contributed by atoms with van der Waals surface area (Å²) in [6, 6.07) is 10.1. The number of carbonyl (C=O) groups is 1. The van der Waals surface area contributed by atoms with E-state index < -0.39 is 22.2 Å². The number of aryl methyl sites for hydroxylation is 1. The van der Waals surface area contributed by atoms with Crippen molar-refractivity contribution in [3.05, 3.63) is 60.0 Å². The Morgan fingerprint density at radius 1 is 1.22 bits per heavy atom. The van der Waals surface area contributed by atoms with Crippen LogP contribution in [0.25, 0.3) is 0 Å². The lowest BCUT2D eigenvalue weighted by atomic mass is 9.99. The highest BCUT2D eigenvalue weighted by atomic mass is 32.2. The highest BCUT2D eigenvalue weighted by molar-refractivity contribution is 7.92. The van der Waals surface area contributed by atoms with Crippen molar-refractivity contribution in [1.82, 2.24) is 19.4 Å². The van der Waals surface area contributed by atoms with Gasteiger partial charge in [-0.2, -0.15) is 8.42 Å². The summed E-state index contributed by atoms with van der Waals surface area (Å²) < 4.78 is 47.9. The third kappa shape index (κ3) is 6.11. The van der Waals surface area contributed by atoms with Crippen molar-refractivity contribution in [2.24, 2.45) is 13.0 Å². The van der Waals surface area contributed by atoms with Crippen LogP contribution < -0.4 is 18.9 Å². The van der Waals surface area contributed by atoms with E-state index in [9.17, 15) is 18.3 Å². The molecule has 0 spiro atoms. The van der Waals surface area contributed by atoms with Crippen molar-refractivity contribution in [3.63, 3.8) is 0 Å². The van der Waals surface area contributed by atoms with E-state index in [4.69, 9.17) is 14.2 Å². The molecular formula is C28H35N5O7S. The number of carbonyl (C=O) groups excluding carboxylic acids is 1. The molecule has 0 bridgehead atoms. The number of ether oxygens (including phenoxy) is 3. The van der Waals surface area contributed by atoms with E-state index in [1.54, 1.807) is 37.1 Å². The van der Waals surface area contributed by atoms with Crippen molar-refractivity contribution in [3.8, 4) is 17.2 Å². The Labute approximate surface area is 239 Å². The summed E-state index contributed by atoms with van der Waals surface area (Å²) in [5, 5.41) is 9.77. The normalized spacial score (nSPS) is 19.4. The fourth-order valence-corrected chi connectivity index (χ4v) is 6.03. The van der Waals surface area contributed by atoms with Gasteiger partial charge in [-0.1, -0.05) is 19.1 Å². The molecule has 1 aromatic heterocycles. The maximum absolute atomic E-state index is 13.7. The molecule has 2 aliphatic rings. The minimum atomic E-state index is -4.06. The lowest BCUT2D eigenvalue weighted by Crippen LogP contribution is -2.49. The second kappa shape index (κ2) is 11.6. The number of anilines is 1. The Bertz CT molecular complexity index is 1530. The number of aliphatic hydroxyl groups excluding tert-OH is 1. The average Bonchev–Trinajstić information content (AvgIpc) is 3.59.